The molecular weight excluding hydrogens is 246 g/mol. The fourth-order valence-corrected chi connectivity index (χ4v) is 2.50. The number of hydrogen-bond acceptors (Lipinski definition) is 4. The van der Waals surface area contributed by atoms with Crippen molar-refractivity contribution in [2.45, 2.75) is 40.2 Å². The number of carbonyl (C=O) groups is 1. The molecule has 1 aromatic rings. The van der Waals surface area contributed by atoms with Crippen molar-refractivity contribution in [1.82, 2.24) is 9.88 Å². The molecule has 0 aliphatic heterocycles. The third kappa shape index (κ3) is 4.07. The number of thiazole rings is 1. The minimum Gasteiger partial charge on any atom is -0.335 e. The Hall–Kier alpha value is -0.940. The van der Waals surface area contributed by atoms with Crippen molar-refractivity contribution in [2.24, 2.45) is 11.7 Å². The molecule has 0 aromatic carbocycles. The van der Waals surface area contributed by atoms with Gasteiger partial charge in [-0.25, -0.2) is 4.98 Å². The van der Waals surface area contributed by atoms with Gasteiger partial charge in [-0.05, 0) is 26.3 Å². The third-order valence-electron chi connectivity index (χ3n) is 2.58. The van der Waals surface area contributed by atoms with E-state index in [0.29, 0.717) is 18.2 Å². The second-order valence-electron chi connectivity index (χ2n) is 5.11. The summed E-state index contributed by atoms with van der Waals surface area (Å²) in [5.74, 6) is 0.483. The number of amides is 1. The molecule has 0 spiro atoms. The maximum Gasteiger partial charge on any atom is 0.273 e. The van der Waals surface area contributed by atoms with Crippen molar-refractivity contribution in [3.05, 3.63) is 16.1 Å². The summed E-state index contributed by atoms with van der Waals surface area (Å²) in [6, 6.07) is 0.194. The van der Waals surface area contributed by atoms with Crippen LogP contribution in [0.15, 0.2) is 5.38 Å². The summed E-state index contributed by atoms with van der Waals surface area (Å²) >= 11 is 1.51. The summed E-state index contributed by atoms with van der Waals surface area (Å²) in [7, 11) is 0. The summed E-state index contributed by atoms with van der Waals surface area (Å²) in [6.07, 6.45) is 0.740. The summed E-state index contributed by atoms with van der Waals surface area (Å²) in [5.41, 5.74) is 6.04. The first-order valence-electron chi connectivity index (χ1n) is 6.41. The average molecular weight is 269 g/mol. The Morgan fingerprint density at radius 3 is 2.61 bits per heavy atom. The Labute approximate surface area is 113 Å². The molecule has 0 aliphatic rings. The van der Waals surface area contributed by atoms with Crippen LogP contribution in [0.1, 0.15) is 43.2 Å². The summed E-state index contributed by atoms with van der Waals surface area (Å²) in [5, 5.41) is 2.78. The minimum atomic E-state index is 0.0261. The fourth-order valence-electron chi connectivity index (χ4n) is 1.72. The molecule has 0 fully saturated rings. The van der Waals surface area contributed by atoms with Gasteiger partial charge in [-0.3, -0.25) is 4.79 Å². The van der Waals surface area contributed by atoms with E-state index in [9.17, 15) is 4.79 Å². The van der Waals surface area contributed by atoms with Gasteiger partial charge in [0.1, 0.15) is 5.69 Å². The monoisotopic (exact) mass is 269 g/mol. The number of nitrogens with two attached hydrogens (primary N) is 1. The quantitative estimate of drug-likeness (QED) is 0.861. The van der Waals surface area contributed by atoms with E-state index in [4.69, 9.17) is 5.73 Å². The molecule has 1 heterocycles. The van der Waals surface area contributed by atoms with E-state index in [-0.39, 0.29) is 11.9 Å². The SMILES string of the molecule is CC(C)CN(C(=O)c1csc(CCN)n1)C(C)C. The van der Waals surface area contributed by atoms with Gasteiger partial charge in [0, 0.05) is 24.4 Å². The van der Waals surface area contributed by atoms with Crippen LogP contribution in [0, 0.1) is 5.92 Å². The average Bonchev–Trinajstić information content (AvgIpc) is 2.73. The summed E-state index contributed by atoms with van der Waals surface area (Å²) < 4.78 is 0. The van der Waals surface area contributed by atoms with E-state index >= 15 is 0 Å². The van der Waals surface area contributed by atoms with Crippen LogP contribution in [0.4, 0.5) is 0 Å². The smallest absolute Gasteiger partial charge is 0.273 e. The second kappa shape index (κ2) is 6.85. The molecule has 2 N–H and O–H groups in total. The van der Waals surface area contributed by atoms with Gasteiger partial charge in [-0.1, -0.05) is 13.8 Å². The highest BCUT2D eigenvalue weighted by Crippen LogP contribution is 2.15. The Bertz CT molecular complexity index is 387. The van der Waals surface area contributed by atoms with Crippen molar-refractivity contribution < 1.29 is 4.79 Å². The van der Waals surface area contributed by atoms with E-state index in [1.165, 1.54) is 11.3 Å². The van der Waals surface area contributed by atoms with Gasteiger partial charge in [0.2, 0.25) is 0 Å². The number of aromatic nitrogens is 1. The summed E-state index contributed by atoms with van der Waals surface area (Å²) in [6.45, 7) is 9.63. The fraction of sp³-hybridized carbons (Fsp3) is 0.692. The lowest BCUT2D eigenvalue weighted by molar-refractivity contribution is 0.0676. The molecule has 0 bridgehead atoms. The van der Waals surface area contributed by atoms with Crippen molar-refractivity contribution in [3.8, 4) is 0 Å². The van der Waals surface area contributed by atoms with Crippen LogP contribution in [0.5, 0.6) is 0 Å². The minimum absolute atomic E-state index is 0.0261. The first-order valence-corrected chi connectivity index (χ1v) is 7.29. The highest BCUT2D eigenvalue weighted by atomic mass is 32.1. The van der Waals surface area contributed by atoms with E-state index in [2.05, 4.69) is 18.8 Å². The van der Waals surface area contributed by atoms with E-state index in [1.54, 1.807) is 0 Å². The number of rotatable bonds is 6. The van der Waals surface area contributed by atoms with Crippen molar-refractivity contribution in [2.75, 3.05) is 13.1 Å². The Kier molecular flexibility index (Phi) is 5.75. The summed E-state index contributed by atoms with van der Waals surface area (Å²) in [4.78, 5) is 18.6. The largest absolute Gasteiger partial charge is 0.335 e. The maximum atomic E-state index is 12.4. The predicted molar refractivity (Wildman–Crippen MR) is 75.9 cm³/mol. The first kappa shape index (κ1) is 15.1. The van der Waals surface area contributed by atoms with Crippen LogP contribution in [0.2, 0.25) is 0 Å². The Balaban J connectivity index is 2.81. The molecule has 4 nitrogen and oxygen atoms in total. The Morgan fingerprint density at radius 1 is 1.44 bits per heavy atom. The van der Waals surface area contributed by atoms with Crippen LogP contribution in [0.3, 0.4) is 0 Å². The second-order valence-corrected chi connectivity index (χ2v) is 6.05. The van der Waals surface area contributed by atoms with E-state index in [1.807, 2.05) is 24.1 Å². The third-order valence-corrected chi connectivity index (χ3v) is 3.48. The van der Waals surface area contributed by atoms with Crippen LogP contribution >= 0.6 is 11.3 Å². The van der Waals surface area contributed by atoms with Gasteiger partial charge in [-0.2, -0.15) is 0 Å². The standard InChI is InChI=1S/C13H23N3OS/c1-9(2)7-16(10(3)4)13(17)11-8-18-12(15-11)5-6-14/h8-10H,5-7,14H2,1-4H3. The molecular formula is C13H23N3OS. The highest BCUT2D eigenvalue weighted by Gasteiger charge is 2.21. The topological polar surface area (TPSA) is 59.2 Å². The molecule has 0 saturated carbocycles. The van der Waals surface area contributed by atoms with Crippen molar-refractivity contribution in [3.63, 3.8) is 0 Å². The van der Waals surface area contributed by atoms with Gasteiger partial charge in [0.25, 0.3) is 5.91 Å². The lowest BCUT2D eigenvalue weighted by Gasteiger charge is -2.27. The molecule has 5 heteroatoms. The van der Waals surface area contributed by atoms with Crippen molar-refractivity contribution >= 4 is 17.2 Å². The van der Waals surface area contributed by atoms with Gasteiger partial charge < -0.3 is 10.6 Å². The van der Waals surface area contributed by atoms with Crippen LogP contribution in [-0.2, 0) is 6.42 Å². The van der Waals surface area contributed by atoms with Gasteiger partial charge in [-0.15, -0.1) is 11.3 Å². The molecule has 1 aromatic heterocycles. The van der Waals surface area contributed by atoms with Crippen LogP contribution in [-0.4, -0.2) is 34.9 Å². The molecule has 0 aliphatic carbocycles. The highest BCUT2D eigenvalue weighted by molar-refractivity contribution is 7.09. The zero-order valence-electron chi connectivity index (χ0n) is 11.6. The number of nitrogens with zero attached hydrogens (tertiary/aromatic N) is 2. The molecule has 0 saturated heterocycles. The molecule has 102 valence electrons. The van der Waals surface area contributed by atoms with Gasteiger partial charge in [0.05, 0.1) is 5.01 Å². The van der Waals surface area contributed by atoms with Crippen LogP contribution < -0.4 is 5.73 Å². The zero-order valence-corrected chi connectivity index (χ0v) is 12.5. The molecule has 0 atom stereocenters. The Morgan fingerprint density at radius 2 is 2.11 bits per heavy atom. The van der Waals surface area contributed by atoms with E-state index in [0.717, 1.165) is 18.0 Å². The number of hydrogen-bond donors (Lipinski definition) is 1. The molecule has 1 amide bonds. The normalized spacial score (nSPS) is 11.3. The lowest BCUT2D eigenvalue weighted by atomic mass is 10.1. The number of carbonyl (C=O) groups excluding carboxylic acids is 1. The van der Waals surface area contributed by atoms with Gasteiger partial charge >= 0.3 is 0 Å². The molecule has 1 rings (SSSR count). The van der Waals surface area contributed by atoms with E-state index < -0.39 is 0 Å². The van der Waals surface area contributed by atoms with Crippen LogP contribution in [0.25, 0.3) is 0 Å². The molecule has 0 radical (unpaired) electrons. The first-order chi connectivity index (χ1) is 8.45. The predicted octanol–water partition coefficient (Wildman–Crippen LogP) is 2.15. The lowest BCUT2D eigenvalue weighted by Crippen LogP contribution is -2.39. The van der Waals surface area contributed by atoms with Gasteiger partial charge in [0.15, 0.2) is 0 Å². The molecule has 0 unspecified atom stereocenters. The maximum absolute atomic E-state index is 12.4. The zero-order chi connectivity index (χ0) is 13.7. The molecule has 18 heavy (non-hydrogen) atoms. The van der Waals surface area contributed by atoms with Crippen molar-refractivity contribution in [1.29, 1.82) is 0 Å².